The Bertz CT molecular complexity index is 722. The van der Waals surface area contributed by atoms with Crippen molar-refractivity contribution in [2.45, 2.75) is 5.60 Å². The number of carboxylic acid groups (broad SMARTS) is 1. The third kappa shape index (κ3) is 3.48. The van der Waals surface area contributed by atoms with E-state index in [1.807, 2.05) is 30.3 Å². The third-order valence-electron chi connectivity index (χ3n) is 3.85. The molecule has 0 saturated carbocycles. The van der Waals surface area contributed by atoms with E-state index in [-0.39, 0.29) is 18.0 Å². The molecule has 1 amide bonds. The molecule has 1 aromatic carbocycles. The monoisotopic (exact) mass is 347 g/mol. The van der Waals surface area contributed by atoms with Crippen molar-refractivity contribution >= 4 is 23.2 Å². The zero-order chi connectivity index (χ0) is 17.0. The van der Waals surface area contributed by atoms with Gasteiger partial charge < -0.3 is 19.9 Å². The summed E-state index contributed by atoms with van der Waals surface area (Å²) in [6.45, 7) is 1.57. The van der Waals surface area contributed by atoms with Crippen LogP contribution >= 0.6 is 11.3 Å². The van der Waals surface area contributed by atoms with Gasteiger partial charge in [0.2, 0.25) is 0 Å². The Labute approximate surface area is 143 Å². The lowest BCUT2D eigenvalue weighted by molar-refractivity contribution is -0.159. The summed E-state index contributed by atoms with van der Waals surface area (Å²) in [4.78, 5) is 23.6. The molecular formula is C17H17NO5S. The molecule has 0 bridgehead atoms. The number of carbonyl (C=O) groups excluding carboxylic acids is 1. The minimum Gasteiger partial charge on any atom is -0.478 e. The topological polar surface area (TPSA) is 84.9 Å². The molecule has 1 aromatic heterocycles. The molecule has 2 aromatic rings. The zero-order valence-corrected chi connectivity index (χ0v) is 13.7. The number of hydrogen-bond acceptors (Lipinski definition) is 5. The molecule has 1 aliphatic heterocycles. The third-order valence-corrected chi connectivity index (χ3v) is 4.77. The smallest absolute Gasteiger partial charge is 0.336 e. The van der Waals surface area contributed by atoms with Crippen molar-refractivity contribution in [3.05, 3.63) is 57.8 Å². The number of benzene rings is 1. The maximum Gasteiger partial charge on any atom is 0.336 e. The second kappa shape index (κ2) is 7.12. The number of thiophene rings is 1. The number of hydrogen-bond donors (Lipinski definition) is 2. The Balaban J connectivity index is 1.73. The summed E-state index contributed by atoms with van der Waals surface area (Å²) in [6, 6.07) is 11.0. The summed E-state index contributed by atoms with van der Waals surface area (Å²) in [5.74, 6) is -1.37. The van der Waals surface area contributed by atoms with Gasteiger partial charge in [-0.05, 0) is 11.6 Å². The summed E-state index contributed by atoms with van der Waals surface area (Å²) in [6.07, 6.45) is 0. The van der Waals surface area contributed by atoms with Crippen molar-refractivity contribution < 1.29 is 24.2 Å². The highest BCUT2D eigenvalue weighted by Crippen LogP contribution is 2.28. The average molecular weight is 347 g/mol. The quantitative estimate of drug-likeness (QED) is 0.865. The summed E-state index contributed by atoms with van der Waals surface area (Å²) < 4.78 is 11.5. The fourth-order valence-electron chi connectivity index (χ4n) is 2.56. The van der Waals surface area contributed by atoms with E-state index in [1.165, 1.54) is 11.4 Å². The molecule has 7 heteroatoms. The predicted molar refractivity (Wildman–Crippen MR) is 88.5 cm³/mol. The highest BCUT2D eigenvalue weighted by Gasteiger charge is 2.36. The van der Waals surface area contributed by atoms with Crippen molar-refractivity contribution in [2.75, 3.05) is 26.4 Å². The molecule has 0 spiro atoms. The van der Waals surface area contributed by atoms with Crippen LogP contribution in [0.5, 0.6) is 0 Å². The van der Waals surface area contributed by atoms with Gasteiger partial charge in [0.1, 0.15) is 5.60 Å². The van der Waals surface area contributed by atoms with Crippen LogP contribution in [-0.4, -0.2) is 43.3 Å². The zero-order valence-electron chi connectivity index (χ0n) is 12.9. The van der Waals surface area contributed by atoms with Crippen LogP contribution in [0.3, 0.4) is 0 Å². The molecule has 1 fully saturated rings. The molecule has 1 aliphatic rings. The standard InChI is InChI=1S/C17H17NO5S/c19-15(14-8-12(9-24-14)16(20)21)18-10-17(11-22-6-7-23-17)13-4-2-1-3-5-13/h1-5,8-9H,6-7,10-11H2,(H,18,19)(H,20,21). The summed E-state index contributed by atoms with van der Waals surface area (Å²) in [5, 5.41) is 13.2. The van der Waals surface area contributed by atoms with Crippen LogP contribution in [0.2, 0.25) is 0 Å². The second-order valence-corrected chi connectivity index (χ2v) is 6.36. The van der Waals surface area contributed by atoms with Gasteiger partial charge in [-0.25, -0.2) is 4.79 Å². The van der Waals surface area contributed by atoms with Gasteiger partial charge in [-0.1, -0.05) is 30.3 Å². The van der Waals surface area contributed by atoms with Gasteiger partial charge in [0.05, 0.1) is 36.8 Å². The van der Waals surface area contributed by atoms with E-state index in [9.17, 15) is 9.59 Å². The molecule has 24 heavy (non-hydrogen) atoms. The molecular weight excluding hydrogens is 330 g/mol. The van der Waals surface area contributed by atoms with Gasteiger partial charge in [0, 0.05) is 5.38 Å². The lowest BCUT2D eigenvalue weighted by Crippen LogP contribution is -2.49. The van der Waals surface area contributed by atoms with E-state index in [4.69, 9.17) is 14.6 Å². The lowest BCUT2D eigenvalue weighted by Gasteiger charge is -2.37. The van der Waals surface area contributed by atoms with Gasteiger partial charge in [-0.2, -0.15) is 0 Å². The maximum atomic E-state index is 12.3. The molecule has 3 rings (SSSR count). The minimum atomic E-state index is -1.05. The van der Waals surface area contributed by atoms with Crippen LogP contribution in [0.25, 0.3) is 0 Å². The molecule has 2 heterocycles. The molecule has 1 saturated heterocycles. The van der Waals surface area contributed by atoms with Gasteiger partial charge in [-0.3, -0.25) is 4.79 Å². The van der Waals surface area contributed by atoms with Gasteiger partial charge in [0.15, 0.2) is 0 Å². The summed E-state index contributed by atoms with van der Waals surface area (Å²) in [5.41, 5.74) is 0.310. The first-order chi connectivity index (χ1) is 11.6. The number of carbonyl (C=O) groups is 2. The fraction of sp³-hybridized carbons (Fsp3) is 0.294. The SMILES string of the molecule is O=C(O)c1csc(C(=O)NCC2(c3ccccc3)COCCO2)c1. The highest BCUT2D eigenvalue weighted by molar-refractivity contribution is 7.12. The number of ether oxygens (including phenoxy) is 2. The number of rotatable bonds is 5. The molecule has 2 N–H and O–H groups in total. The normalized spacial score (nSPS) is 20.5. The Morgan fingerprint density at radius 2 is 2.04 bits per heavy atom. The van der Waals surface area contributed by atoms with Crippen molar-refractivity contribution in [3.63, 3.8) is 0 Å². The van der Waals surface area contributed by atoms with Crippen molar-refractivity contribution in [2.24, 2.45) is 0 Å². The predicted octanol–water partition coefficient (Wildman–Crippen LogP) is 2.12. The maximum absolute atomic E-state index is 12.3. The van der Waals surface area contributed by atoms with Crippen LogP contribution in [0.1, 0.15) is 25.6 Å². The fourth-order valence-corrected chi connectivity index (χ4v) is 3.36. The molecule has 0 aliphatic carbocycles. The Morgan fingerprint density at radius 3 is 2.67 bits per heavy atom. The van der Waals surface area contributed by atoms with Crippen LogP contribution in [-0.2, 0) is 15.1 Å². The van der Waals surface area contributed by atoms with Gasteiger partial charge in [0.25, 0.3) is 5.91 Å². The van der Waals surface area contributed by atoms with Crippen molar-refractivity contribution in [1.29, 1.82) is 0 Å². The van der Waals surface area contributed by atoms with Gasteiger partial charge in [-0.15, -0.1) is 11.3 Å². The highest BCUT2D eigenvalue weighted by atomic mass is 32.1. The second-order valence-electron chi connectivity index (χ2n) is 5.45. The molecule has 1 unspecified atom stereocenters. The Kier molecular flexibility index (Phi) is 4.94. The van der Waals surface area contributed by atoms with Crippen LogP contribution in [0, 0.1) is 0 Å². The van der Waals surface area contributed by atoms with Crippen LogP contribution in [0.4, 0.5) is 0 Å². The first-order valence-electron chi connectivity index (χ1n) is 7.48. The van der Waals surface area contributed by atoms with Gasteiger partial charge >= 0.3 is 5.97 Å². The van der Waals surface area contributed by atoms with E-state index in [0.29, 0.717) is 24.7 Å². The summed E-state index contributed by atoms with van der Waals surface area (Å²) >= 11 is 1.10. The first-order valence-corrected chi connectivity index (χ1v) is 8.36. The Hall–Kier alpha value is -2.22. The average Bonchev–Trinajstić information content (AvgIpc) is 3.12. The van der Waals surface area contributed by atoms with E-state index < -0.39 is 11.6 Å². The van der Waals surface area contributed by atoms with E-state index in [0.717, 1.165) is 16.9 Å². The van der Waals surface area contributed by atoms with Crippen molar-refractivity contribution in [1.82, 2.24) is 5.32 Å². The molecule has 0 radical (unpaired) electrons. The Morgan fingerprint density at radius 1 is 1.25 bits per heavy atom. The molecule has 126 valence electrons. The van der Waals surface area contributed by atoms with Crippen LogP contribution < -0.4 is 5.32 Å². The van der Waals surface area contributed by atoms with Crippen molar-refractivity contribution in [3.8, 4) is 0 Å². The summed E-state index contributed by atoms with van der Waals surface area (Å²) in [7, 11) is 0. The first kappa shape index (κ1) is 16.6. The lowest BCUT2D eigenvalue weighted by atomic mass is 9.93. The number of carboxylic acids is 1. The molecule has 1 atom stereocenters. The minimum absolute atomic E-state index is 0.111. The number of aromatic carboxylic acids is 1. The number of nitrogens with one attached hydrogen (secondary N) is 1. The van der Waals surface area contributed by atoms with E-state index in [2.05, 4.69) is 5.32 Å². The van der Waals surface area contributed by atoms with Crippen LogP contribution in [0.15, 0.2) is 41.8 Å². The van der Waals surface area contributed by atoms with E-state index in [1.54, 1.807) is 0 Å². The van der Waals surface area contributed by atoms with E-state index >= 15 is 0 Å². The largest absolute Gasteiger partial charge is 0.478 e. The molecule has 6 nitrogen and oxygen atoms in total. The number of amides is 1.